The Balaban J connectivity index is 2.44. The van der Waals surface area contributed by atoms with Gasteiger partial charge in [-0.15, -0.1) is 0 Å². The number of carbonyl (C=O) groups is 1. The van der Waals surface area contributed by atoms with Crippen LogP contribution in [0.3, 0.4) is 0 Å². The molecular formula is C15H21FO3. The lowest BCUT2D eigenvalue weighted by atomic mass is 10.00. The fourth-order valence-electron chi connectivity index (χ4n) is 1.78. The molecule has 3 nitrogen and oxygen atoms in total. The van der Waals surface area contributed by atoms with Crippen molar-refractivity contribution in [2.24, 2.45) is 0 Å². The molecule has 0 fully saturated rings. The third kappa shape index (κ3) is 5.39. The van der Waals surface area contributed by atoms with Crippen molar-refractivity contribution < 1.29 is 19.0 Å². The van der Waals surface area contributed by atoms with Gasteiger partial charge in [-0.05, 0) is 43.0 Å². The van der Waals surface area contributed by atoms with Crippen LogP contribution in [0, 0.1) is 12.7 Å². The zero-order valence-corrected chi connectivity index (χ0v) is 11.5. The van der Waals surface area contributed by atoms with E-state index < -0.39 is 6.10 Å². The van der Waals surface area contributed by atoms with Crippen molar-refractivity contribution in [1.82, 2.24) is 0 Å². The largest absolute Gasteiger partial charge is 0.466 e. The quantitative estimate of drug-likeness (QED) is 0.609. The Kier molecular flexibility index (Phi) is 6.50. The first-order valence-corrected chi connectivity index (χ1v) is 6.64. The molecule has 4 heteroatoms. The van der Waals surface area contributed by atoms with Gasteiger partial charge in [-0.3, -0.25) is 4.79 Å². The monoisotopic (exact) mass is 268 g/mol. The minimum Gasteiger partial charge on any atom is -0.466 e. The van der Waals surface area contributed by atoms with Gasteiger partial charge >= 0.3 is 5.97 Å². The van der Waals surface area contributed by atoms with Gasteiger partial charge < -0.3 is 9.84 Å². The van der Waals surface area contributed by atoms with Crippen molar-refractivity contribution in [1.29, 1.82) is 0 Å². The number of unbranched alkanes of at least 4 members (excludes halogenated alkanes) is 1. The summed E-state index contributed by atoms with van der Waals surface area (Å²) in [6.07, 6.45) is 1.36. The molecule has 0 radical (unpaired) electrons. The molecule has 19 heavy (non-hydrogen) atoms. The van der Waals surface area contributed by atoms with E-state index in [1.54, 1.807) is 13.0 Å². The van der Waals surface area contributed by atoms with Gasteiger partial charge in [-0.2, -0.15) is 0 Å². The number of hydrogen-bond donors (Lipinski definition) is 1. The molecule has 1 unspecified atom stereocenters. The van der Waals surface area contributed by atoms with Crippen LogP contribution >= 0.6 is 0 Å². The Labute approximate surface area is 113 Å². The molecule has 1 N–H and O–H groups in total. The van der Waals surface area contributed by atoms with Crippen LogP contribution in [0.25, 0.3) is 0 Å². The molecule has 0 saturated carbocycles. The zero-order chi connectivity index (χ0) is 14.3. The van der Waals surface area contributed by atoms with Gasteiger partial charge in [0.2, 0.25) is 0 Å². The van der Waals surface area contributed by atoms with Gasteiger partial charge in [0.25, 0.3) is 0 Å². The van der Waals surface area contributed by atoms with Gasteiger partial charge in [0.05, 0.1) is 12.7 Å². The topological polar surface area (TPSA) is 46.5 Å². The number of benzene rings is 1. The SMILES string of the molecule is CCCCOC(=O)CCC(O)c1cc(F)ccc1C. The minimum atomic E-state index is -0.838. The number of ether oxygens (including phenoxy) is 1. The average molecular weight is 268 g/mol. The molecule has 1 aromatic carbocycles. The van der Waals surface area contributed by atoms with Crippen LogP contribution in [0.1, 0.15) is 49.8 Å². The molecule has 1 rings (SSSR count). The molecule has 0 heterocycles. The molecule has 0 saturated heterocycles. The van der Waals surface area contributed by atoms with Crippen molar-refractivity contribution in [3.05, 3.63) is 35.1 Å². The Morgan fingerprint density at radius 2 is 2.21 bits per heavy atom. The Hall–Kier alpha value is -1.42. The smallest absolute Gasteiger partial charge is 0.305 e. The lowest BCUT2D eigenvalue weighted by molar-refractivity contribution is -0.144. The molecule has 0 aliphatic heterocycles. The van der Waals surface area contributed by atoms with E-state index in [0.717, 1.165) is 18.4 Å². The van der Waals surface area contributed by atoms with Crippen LogP contribution < -0.4 is 0 Å². The number of carbonyl (C=O) groups excluding carboxylic acids is 1. The molecule has 106 valence electrons. The summed E-state index contributed by atoms with van der Waals surface area (Å²) < 4.78 is 18.1. The highest BCUT2D eigenvalue weighted by Crippen LogP contribution is 2.23. The Bertz CT molecular complexity index is 418. The maximum absolute atomic E-state index is 13.1. The first kappa shape index (κ1) is 15.6. The van der Waals surface area contributed by atoms with Gasteiger partial charge in [-0.1, -0.05) is 19.4 Å². The zero-order valence-electron chi connectivity index (χ0n) is 11.5. The average Bonchev–Trinajstić information content (AvgIpc) is 2.39. The summed E-state index contributed by atoms with van der Waals surface area (Å²) in [7, 11) is 0. The van der Waals surface area contributed by atoms with Gasteiger partial charge in [0.1, 0.15) is 5.82 Å². The summed E-state index contributed by atoms with van der Waals surface area (Å²) in [5, 5.41) is 9.97. The number of esters is 1. The van der Waals surface area contributed by atoms with Crippen molar-refractivity contribution in [2.45, 2.75) is 45.6 Å². The van der Waals surface area contributed by atoms with E-state index in [4.69, 9.17) is 4.74 Å². The molecule has 0 aliphatic rings. The van der Waals surface area contributed by atoms with E-state index in [2.05, 4.69) is 0 Å². The number of aliphatic hydroxyl groups is 1. The first-order chi connectivity index (χ1) is 9.04. The lowest BCUT2D eigenvalue weighted by Gasteiger charge is -2.13. The van der Waals surface area contributed by atoms with Gasteiger partial charge in [0, 0.05) is 6.42 Å². The van der Waals surface area contributed by atoms with Crippen molar-refractivity contribution >= 4 is 5.97 Å². The molecule has 0 aromatic heterocycles. The summed E-state index contributed by atoms with van der Waals surface area (Å²) in [5.41, 5.74) is 1.34. The minimum absolute atomic E-state index is 0.140. The fraction of sp³-hybridized carbons (Fsp3) is 0.533. The van der Waals surface area contributed by atoms with E-state index in [0.29, 0.717) is 12.2 Å². The lowest BCUT2D eigenvalue weighted by Crippen LogP contribution is -2.09. The summed E-state index contributed by atoms with van der Waals surface area (Å²) in [6, 6.07) is 4.28. The van der Waals surface area contributed by atoms with E-state index >= 15 is 0 Å². The van der Waals surface area contributed by atoms with Crippen molar-refractivity contribution in [2.75, 3.05) is 6.61 Å². The predicted octanol–water partition coefficient (Wildman–Crippen LogP) is 3.29. The standard InChI is InChI=1S/C15H21FO3/c1-3-4-9-19-15(18)8-7-14(17)13-10-12(16)6-5-11(13)2/h5-6,10,14,17H,3-4,7-9H2,1-2H3. The van der Waals surface area contributed by atoms with Crippen LogP contribution in [0.4, 0.5) is 4.39 Å². The molecule has 1 aromatic rings. The van der Waals surface area contributed by atoms with Crippen molar-refractivity contribution in [3.8, 4) is 0 Å². The molecule has 0 spiro atoms. The number of rotatable bonds is 7. The Morgan fingerprint density at radius 1 is 1.47 bits per heavy atom. The fourth-order valence-corrected chi connectivity index (χ4v) is 1.78. The number of halogens is 1. The van der Waals surface area contributed by atoms with Crippen LogP contribution in [0.15, 0.2) is 18.2 Å². The van der Waals surface area contributed by atoms with Gasteiger partial charge in [-0.25, -0.2) is 4.39 Å². The maximum Gasteiger partial charge on any atom is 0.305 e. The number of aliphatic hydroxyl groups excluding tert-OH is 1. The first-order valence-electron chi connectivity index (χ1n) is 6.64. The summed E-state index contributed by atoms with van der Waals surface area (Å²) >= 11 is 0. The maximum atomic E-state index is 13.1. The predicted molar refractivity (Wildman–Crippen MR) is 71.2 cm³/mol. The summed E-state index contributed by atoms with van der Waals surface area (Å²) in [5.74, 6) is -0.702. The van der Waals surface area contributed by atoms with E-state index in [9.17, 15) is 14.3 Å². The molecule has 0 amide bonds. The van der Waals surface area contributed by atoms with Crippen LogP contribution in [0.2, 0.25) is 0 Å². The van der Waals surface area contributed by atoms with Crippen LogP contribution in [-0.2, 0) is 9.53 Å². The Morgan fingerprint density at radius 3 is 2.89 bits per heavy atom. The second kappa shape index (κ2) is 7.89. The van der Waals surface area contributed by atoms with E-state index in [1.165, 1.54) is 12.1 Å². The summed E-state index contributed by atoms with van der Waals surface area (Å²) in [6.45, 7) is 4.24. The highest BCUT2D eigenvalue weighted by atomic mass is 19.1. The molecule has 0 aliphatic carbocycles. The summed E-state index contributed by atoms with van der Waals surface area (Å²) in [4.78, 5) is 11.4. The number of hydrogen-bond acceptors (Lipinski definition) is 3. The van der Waals surface area contributed by atoms with Gasteiger partial charge in [0.15, 0.2) is 0 Å². The third-order valence-electron chi connectivity index (χ3n) is 2.98. The molecule has 1 atom stereocenters. The van der Waals surface area contributed by atoms with E-state index in [1.807, 2.05) is 6.92 Å². The highest BCUT2D eigenvalue weighted by molar-refractivity contribution is 5.69. The normalized spacial score (nSPS) is 12.2. The van der Waals surface area contributed by atoms with Crippen LogP contribution in [0.5, 0.6) is 0 Å². The molecular weight excluding hydrogens is 247 g/mol. The number of aryl methyl sites for hydroxylation is 1. The molecule has 0 bridgehead atoms. The van der Waals surface area contributed by atoms with Crippen molar-refractivity contribution in [3.63, 3.8) is 0 Å². The van der Waals surface area contributed by atoms with Crippen LogP contribution in [-0.4, -0.2) is 17.7 Å². The third-order valence-corrected chi connectivity index (χ3v) is 2.98. The second-order valence-corrected chi connectivity index (χ2v) is 4.63. The highest BCUT2D eigenvalue weighted by Gasteiger charge is 2.14. The second-order valence-electron chi connectivity index (χ2n) is 4.63. The van der Waals surface area contributed by atoms with E-state index in [-0.39, 0.29) is 24.6 Å².